The van der Waals surface area contributed by atoms with Crippen molar-refractivity contribution >= 4 is 12.0 Å². The number of piperidine rings is 1. The molecule has 0 aliphatic carbocycles. The van der Waals surface area contributed by atoms with Gasteiger partial charge in [-0.2, -0.15) is 0 Å². The van der Waals surface area contributed by atoms with Crippen LogP contribution in [-0.2, 0) is 4.79 Å². The molecule has 0 spiro atoms. The molecule has 5 heteroatoms. The highest BCUT2D eigenvalue weighted by Gasteiger charge is 2.33. The monoisotopic (exact) mass is 270 g/mol. The number of amides is 2. The molecule has 1 rings (SSSR count). The summed E-state index contributed by atoms with van der Waals surface area (Å²) in [5, 5.41) is 9.02. The minimum Gasteiger partial charge on any atom is -0.481 e. The number of rotatable bonds is 5. The number of unbranched alkanes of at least 4 members (excludes halogenated alkanes) is 2. The molecule has 1 saturated heterocycles. The van der Waals surface area contributed by atoms with Gasteiger partial charge in [0.25, 0.3) is 0 Å². The van der Waals surface area contributed by atoms with Crippen molar-refractivity contribution in [1.82, 2.24) is 9.80 Å². The van der Waals surface area contributed by atoms with Crippen LogP contribution >= 0.6 is 0 Å². The van der Waals surface area contributed by atoms with Crippen LogP contribution in [0.4, 0.5) is 4.79 Å². The maximum atomic E-state index is 12.3. The molecule has 0 radical (unpaired) electrons. The Morgan fingerprint density at radius 2 is 2.05 bits per heavy atom. The van der Waals surface area contributed by atoms with E-state index in [0.29, 0.717) is 19.4 Å². The van der Waals surface area contributed by atoms with Gasteiger partial charge in [-0.05, 0) is 26.2 Å². The van der Waals surface area contributed by atoms with Gasteiger partial charge >= 0.3 is 12.0 Å². The molecule has 110 valence electrons. The predicted octanol–water partition coefficient (Wildman–Crippen LogP) is 2.41. The van der Waals surface area contributed by atoms with Crippen molar-refractivity contribution in [2.45, 2.75) is 52.0 Å². The molecule has 0 aromatic heterocycles. The third kappa shape index (κ3) is 4.40. The first-order valence-corrected chi connectivity index (χ1v) is 7.21. The van der Waals surface area contributed by atoms with Gasteiger partial charge in [-0.15, -0.1) is 0 Å². The molecule has 1 heterocycles. The van der Waals surface area contributed by atoms with Crippen LogP contribution < -0.4 is 0 Å². The van der Waals surface area contributed by atoms with E-state index in [4.69, 9.17) is 5.11 Å². The van der Waals surface area contributed by atoms with Crippen LogP contribution in [0, 0.1) is 5.92 Å². The van der Waals surface area contributed by atoms with Gasteiger partial charge in [-0.1, -0.05) is 19.8 Å². The fourth-order valence-corrected chi connectivity index (χ4v) is 2.59. The normalized spacial score (nSPS) is 23.2. The topological polar surface area (TPSA) is 60.9 Å². The van der Waals surface area contributed by atoms with Crippen LogP contribution in [0.3, 0.4) is 0 Å². The third-order valence-electron chi connectivity index (χ3n) is 3.89. The fourth-order valence-electron chi connectivity index (χ4n) is 2.59. The molecule has 1 aliphatic heterocycles. The maximum Gasteiger partial charge on any atom is 0.319 e. The van der Waals surface area contributed by atoms with Gasteiger partial charge in [0.2, 0.25) is 0 Å². The SMILES string of the molecule is CCCCCN(C)C(=O)N1CCC(C(=O)O)CC1C. The average molecular weight is 270 g/mol. The Balaban J connectivity index is 2.47. The van der Waals surface area contributed by atoms with Gasteiger partial charge in [0, 0.05) is 26.2 Å². The number of aliphatic carboxylic acids is 1. The first-order valence-electron chi connectivity index (χ1n) is 7.21. The van der Waals surface area contributed by atoms with Crippen LogP contribution in [0.1, 0.15) is 46.0 Å². The molecule has 2 unspecified atom stereocenters. The number of carboxylic acid groups (broad SMARTS) is 1. The third-order valence-corrected chi connectivity index (χ3v) is 3.89. The van der Waals surface area contributed by atoms with Crippen molar-refractivity contribution in [1.29, 1.82) is 0 Å². The van der Waals surface area contributed by atoms with E-state index in [1.165, 1.54) is 0 Å². The molecule has 1 aliphatic rings. The van der Waals surface area contributed by atoms with Crippen molar-refractivity contribution in [2.24, 2.45) is 5.92 Å². The van der Waals surface area contributed by atoms with Crippen molar-refractivity contribution in [3.63, 3.8) is 0 Å². The maximum absolute atomic E-state index is 12.3. The molecule has 19 heavy (non-hydrogen) atoms. The Kier molecular flexibility index (Phi) is 6.12. The van der Waals surface area contributed by atoms with E-state index < -0.39 is 5.97 Å². The summed E-state index contributed by atoms with van der Waals surface area (Å²) in [5.41, 5.74) is 0. The van der Waals surface area contributed by atoms with E-state index in [2.05, 4.69) is 6.92 Å². The lowest BCUT2D eigenvalue weighted by Crippen LogP contribution is -2.50. The first-order chi connectivity index (χ1) is 8.97. The minimum atomic E-state index is -0.741. The Labute approximate surface area is 115 Å². The zero-order valence-electron chi connectivity index (χ0n) is 12.3. The van der Waals surface area contributed by atoms with Crippen LogP contribution in [0.15, 0.2) is 0 Å². The second kappa shape index (κ2) is 7.36. The molecular weight excluding hydrogens is 244 g/mol. The van der Waals surface area contributed by atoms with Crippen LogP contribution in [0.5, 0.6) is 0 Å². The van der Waals surface area contributed by atoms with Crippen LogP contribution in [0.25, 0.3) is 0 Å². The minimum absolute atomic E-state index is 0.0102. The number of hydrogen-bond donors (Lipinski definition) is 1. The van der Waals surface area contributed by atoms with Gasteiger partial charge in [0.1, 0.15) is 0 Å². The molecule has 1 fully saturated rings. The summed E-state index contributed by atoms with van der Waals surface area (Å²) >= 11 is 0. The molecule has 0 saturated carbocycles. The zero-order valence-corrected chi connectivity index (χ0v) is 12.3. The Bertz CT molecular complexity index is 320. The summed E-state index contributed by atoms with van der Waals surface area (Å²) in [7, 11) is 1.83. The van der Waals surface area contributed by atoms with Crippen molar-refractivity contribution < 1.29 is 14.7 Å². The second-order valence-corrected chi connectivity index (χ2v) is 5.51. The van der Waals surface area contributed by atoms with E-state index in [-0.39, 0.29) is 18.0 Å². The van der Waals surface area contributed by atoms with E-state index in [1.54, 1.807) is 4.90 Å². The largest absolute Gasteiger partial charge is 0.481 e. The van der Waals surface area contributed by atoms with Crippen LogP contribution in [-0.4, -0.2) is 53.1 Å². The van der Waals surface area contributed by atoms with E-state index in [9.17, 15) is 9.59 Å². The quantitative estimate of drug-likeness (QED) is 0.780. The van der Waals surface area contributed by atoms with Crippen LogP contribution in [0.2, 0.25) is 0 Å². The second-order valence-electron chi connectivity index (χ2n) is 5.51. The highest BCUT2D eigenvalue weighted by molar-refractivity contribution is 5.75. The standard InChI is InChI=1S/C14H26N2O3/c1-4-5-6-8-15(3)14(19)16-9-7-12(13(17)18)10-11(16)2/h11-12H,4-10H2,1-3H3,(H,17,18). The van der Waals surface area contributed by atoms with Gasteiger partial charge in [-0.3, -0.25) is 4.79 Å². The van der Waals surface area contributed by atoms with E-state index in [1.807, 2.05) is 18.9 Å². The molecule has 5 nitrogen and oxygen atoms in total. The van der Waals surface area contributed by atoms with Gasteiger partial charge in [-0.25, -0.2) is 4.79 Å². The highest BCUT2D eigenvalue weighted by atomic mass is 16.4. The number of likely N-dealkylation sites (tertiary alicyclic amines) is 1. The molecule has 2 atom stereocenters. The molecule has 0 aromatic rings. The van der Waals surface area contributed by atoms with Crippen molar-refractivity contribution in [2.75, 3.05) is 20.1 Å². The lowest BCUT2D eigenvalue weighted by Gasteiger charge is -2.38. The summed E-state index contributed by atoms with van der Waals surface area (Å²) in [4.78, 5) is 26.8. The average Bonchev–Trinajstić information content (AvgIpc) is 2.37. The number of carbonyl (C=O) groups excluding carboxylic acids is 1. The Morgan fingerprint density at radius 3 is 2.58 bits per heavy atom. The lowest BCUT2D eigenvalue weighted by atomic mass is 9.92. The van der Waals surface area contributed by atoms with Gasteiger partial charge in [0.15, 0.2) is 0 Å². The summed E-state index contributed by atoms with van der Waals surface area (Å²) in [5.74, 6) is -1.04. The molecule has 0 aromatic carbocycles. The summed E-state index contributed by atoms with van der Waals surface area (Å²) in [6.45, 7) is 5.40. The molecular formula is C14H26N2O3. The summed E-state index contributed by atoms with van der Waals surface area (Å²) < 4.78 is 0. The highest BCUT2D eigenvalue weighted by Crippen LogP contribution is 2.23. The number of carbonyl (C=O) groups is 2. The number of urea groups is 1. The summed E-state index contributed by atoms with van der Waals surface area (Å²) in [6, 6.07) is 0.0448. The smallest absolute Gasteiger partial charge is 0.319 e. The van der Waals surface area contributed by atoms with Gasteiger partial charge < -0.3 is 14.9 Å². The van der Waals surface area contributed by atoms with Gasteiger partial charge in [0.05, 0.1) is 5.92 Å². The van der Waals surface area contributed by atoms with Crippen molar-refractivity contribution in [3.8, 4) is 0 Å². The number of carboxylic acids is 1. The number of hydrogen-bond acceptors (Lipinski definition) is 2. The number of nitrogens with zero attached hydrogens (tertiary/aromatic N) is 2. The lowest BCUT2D eigenvalue weighted by molar-refractivity contribution is -0.143. The fraction of sp³-hybridized carbons (Fsp3) is 0.857. The van der Waals surface area contributed by atoms with Crippen molar-refractivity contribution in [3.05, 3.63) is 0 Å². The molecule has 0 bridgehead atoms. The van der Waals surface area contributed by atoms with E-state index >= 15 is 0 Å². The first kappa shape index (κ1) is 15.8. The summed E-state index contributed by atoms with van der Waals surface area (Å²) in [6.07, 6.45) is 4.42. The Hall–Kier alpha value is -1.26. The molecule has 1 N–H and O–H groups in total. The zero-order chi connectivity index (χ0) is 14.4. The molecule has 2 amide bonds. The Morgan fingerprint density at radius 1 is 1.37 bits per heavy atom. The van der Waals surface area contributed by atoms with E-state index in [0.717, 1.165) is 25.8 Å². The predicted molar refractivity (Wildman–Crippen MR) is 74.1 cm³/mol.